The molecule has 0 saturated carbocycles. The van der Waals surface area contributed by atoms with Gasteiger partial charge in [-0.15, -0.1) is 0 Å². The lowest BCUT2D eigenvalue weighted by Gasteiger charge is -2.38. The normalized spacial score (nSPS) is 18.0. The molecule has 1 saturated heterocycles. The molecule has 0 atom stereocenters. The van der Waals surface area contributed by atoms with Crippen molar-refractivity contribution >= 4 is 15.7 Å². The van der Waals surface area contributed by atoms with Gasteiger partial charge in [0.1, 0.15) is 0 Å². The molecule has 14 heavy (non-hydrogen) atoms. The van der Waals surface area contributed by atoms with Crippen LogP contribution in [0.15, 0.2) is 0 Å². The van der Waals surface area contributed by atoms with Crippen LogP contribution in [0.2, 0.25) is 0 Å². The molecule has 1 amide bonds. The van der Waals surface area contributed by atoms with Gasteiger partial charge >= 0.3 is 0 Å². The van der Waals surface area contributed by atoms with Gasteiger partial charge in [0.15, 0.2) is 9.84 Å². The number of sulfone groups is 1. The standard InChI is InChI=1S/C9H17NO3S/c1-3-5-9(11)10-6-8(7-10)14(12,13)4-2/h8H,3-7H2,1-2H3. The Balaban J connectivity index is 2.41. The summed E-state index contributed by atoms with van der Waals surface area (Å²) in [6, 6.07) is 0. The predicted octanol–water partition coefficient (Wildman–Crippen LogP) is 0.432. The van der Waals surface area contributed by atoms with Crippen LogP contribution in [0.1, 0.15) is 26.7 Å². The van der Waals surface area contributed by atoms with Crippen molar-refractivity contribution in [3.05, 3.63) is 0 Å². The zero-order chi connectivity index (χ0) is 10.8. The molecule has 1 fully saturated rings. The van der Waals surface area contributed by atoms with E-state index in [0.717, 1.165) is 6.42 Å². The third kappa shape index (κ3) is 2.26. The molecule has 1 heterocycles. The van der Waals surface area contributed by atoms with Gasteiger partial charge < -0.3 is 4.90 Å². The minimum atomic E-state index is -2.94. The number of amides is 1. The molecule has 0 aromatic rings. The molecule has 4 nitrogen and oxygen atoms in total. The molecular weight excluding hydrogens is 202 g/mol. The first-order valence-electron chi connectivity index (χ1n) is 5.00. The van der Waals surface area contributed by atoms with Crippen molar-refractivity contribution < 1.29 is 13.2 Å². The van der Waals surface area contributed by atoms with Crippen molar-refractivity contribution in [2.75, 3.05) is 18.8 Å². The second-order valence-corrected chi connectivity index (χ2v) is 6.19. The highest BCUT2D eigenvalue weighted by atomic mass is 32.2. The third-order valence-corrected chi connectivity index (χ3v) is 4.69. The Morgan fingerprint density at radius 3 is 2.36 bits per heavy atom. The average Bonchev–Trinajstić information content (AvgIpc) is 2.01. The van der Waals surface area contributed by atoms with E-state index >= 15 is 0 Å². The number of likely N-dealkylation sites (tertiary alicyclic amines) is 1. The van der Waals surface area contributed by atoms with E-state index in [1.807, 2.05) is 6.92 Å². The Morgan fingerprint density at radius 1 is 1.36 bits per heavy atom. The monoisotopic (exact) mass is 219 g/mol. The SMILES string of the molecule is CCCC(=O)N1CC(S(=O)(=O)CC)C1. The fourth-order valence-corrected chi connectivity index (χ4v) is 2.76. The first kappa shape index (κ1) is 11.5. The van der Waals surface area contributed by atoms with Crippen molar-refractivity contribution in [1.29, 1.82) is 0 Å². The molecule has 1 aliphatic heterocycles. The molecule has 0 N–H and O–H groups in total. The van der Waals surface area contributed by atoms with Crippen LogP contribution in [0.4, 0.5) is 0 Å². The highest BCUT2D eigenvalue weighted by molar-refractivity contribution is 7.92. The van der Waals surface area contributed by atoms with Crippen LogP contribution in [0.5, 0.6) is 0 Å². The largest absolute Gasteiger partial charge is 0.340 e. The minimum Gasteiger partial charge on any atom is -0.340 e. The minimum absolute atomic E-state index is 0.0788. The van der Waals surface area contributed by atoms with Gasteiger partial charge in [0.2, 0.25) is 5.91 Å². The molecule has 0 unspecified atom stereocenters. The van der Waals surface area contributed by atoms with E-state index in [9.17, 15) is 13.2 Å². The quantitative estimate of drug-likeness (QED) is 0.689. The zero-order valence-corrected chi connectivity index (χ0v) is 9.51. The average molecular weight is 219 g/mol. The number of hydrogen-bond donors (Lipinski definition) is 0. The van der Waals surface area contributed by atoms with Crippen molar-refractivity contribution in [3.63, 3.8) is 0 Å². The summed E-state index contributed by atoms with van der Waals surface area (Å²) < 4.78 is 22.7. The van der Waals surface area contributed by atoms with E-state index in [0.29, 0.717) is 19.5 Å². The Hall–Kier alpha value is -0.580. The Kier molecular flexibility index (Phi) is 3.53. The maximum Gasteiger partial charge on any atom is 0.222 e. The van der Waals surface area contributed by atoms with Crippen LogP contribution < -0.4 is 0 Å². The Bertz CT molecular complexity index is 304. The van der Waals surface area contributed by atoms with Crippen LogP contribution in [0.3, 0.4) is 0 Å². The van der Waals surface area contributed by atoms with Gasteiger partial charge in [-0.3, -0.25) is 4.79 Å². The molecule has 82 valence electrons. The molecule has 0 aromatic heterocycles. The molecule has 0 aromatic carbocycles. The number of hydrogen-bond acceptors (Lipinski definition) is 3. The fraction of sp³-hybridized carbons (Fsp3) is 0.889. The summed E-state index contributed by atoms with van der Waals surface area (Å²) in [5.74, 6) is 0.253. The molecule has 1 aliphatic rings. The lowest BCUT2D eigenvalue weighted by Crippen LogP contribution is -2.57. The van der Waals surface area contributed by atoms with Gasteiger partial charge in [-0.25, -0.2) is 8.42 Å². The van der Waals surface area contributed by atoms with Gasteiger partial charge in [0.25, 0.3) is 0 Å². The van der Waals surface area contributed by atoms with E-state index in [1.54, 1.807) is 11.8 Å². The lowest BCUT2D eigenvalue weighted by molar-refractivity contribution is -0.134. The summed E-state index contributed by atoms with van der Waals surface area (Å²) in [6.07, 6.45) is 1.35. The fourth-order valence-electron chi connectivity index (χ4n) is 1.48. The number of carbonyl (C=O) groups is 1. The summed E-state index contributed by atoms with van der Waals surface area (Å²) in [5, 5.41) is -0.312. The second kappa shape index (κ2) is 4.29. The zero-order valence-electron chi connectivity index (χ0n) is 8.69. The topological polar surface area (TPSA) is 54.5 Å². The van der Waals surface area contributed by atoms with Crippen LogP contribution in [-0.2, 0) is 14.6 Å². The highest BCUT2D eigenvalue weighted by Crippen LogP contribution is 2.18. The van der Waals surface area contributed by atoms with Gasteiger partial charge in [0, 0.05) is 25.3 Å². The molecule has 0 bridgehead atoms. The molecule has 0 aliphatic carbocycles. The molecule has 0 spiro atoms. The van der Waals surface area contributed by atoms with Gasteiger partial charge in [-0.05, 0) is 6.42 Å². The summed E-state index contributed by atoms with van der Waals surface area (Å²) >= 11 is 0. The maximum absolute atomic E-state index is 11.4. The smallest absolute Gasteiger partial charge is 0.222 e. The van der Waals surface area contributed by atoms with Crippen molar-refractivity contribution in [2.45, 2.75) is 31.9 Å². The summed E-state index contributed by atoms with van der Waals surface area (Å²) in [6.45, 7) is 4.38. The van der Waals surface area contributed by atoms with Gasteiger partial charge in [-0.2, -0.15) is 0 Å². The molecule has 5 heteroatoms. The molecule has 1 rings (SSSR count). The Labute approximate surface area is 85.2 Å². The number of nitrogens with zero attached hydrogens (tertiary/aromatic N) is 1. The molecule has 0 radical (unpaired) electrons. The van der Waals surface area contributed by atoms with Crippen LogP contribution in [0, 0.1) is 0 Å². The van der Waals surface area contributed by atoms with E-state index in [4.69, 9.17) is 0 Å². The lowest BCUT2D eigenvalue weighted by atomic mass is 10.2. The van der Waals surface area contributed by atoms with E-state index in [-0.39, 0.29) is 16.9 Å². The van der Waals surface area contributed by atoms with Crippen molar-refractivity contribution in [3.8, 4) is 0 Å². The summed E-state index contributed by atoms with van der Waals surface area (Å²) in [4.78, 5) is 12.9. The first-order valence-corrected chi connectivity index (χ1v) is 6.72. The van der Waals surface area contributed by atoms with E-state index < -0.39 is 9.84 Å². The summed E-state index contributed by atoms with van der Waals surface area (Å²) in [5.41, 5.74) is 0. The van der Waals surface area contributed by atoms with Gasteiger partial charge in [-0.1, -0.05) is 13.8 Å². The number of carbonyl (C=O) groups excluding carboxylic acids is 1. The summed E-state index contributed by atoms with van der Waals surface area (Å²) in [7, 11) is -2.94. The number of rotatable bonds is 4. The first-order chi connectivity index (χ1) is 6.51. The van der Waals surface area contributed by atoms with E-state index in [1.165, 1.54) is 0 Å². The maximum atomic E-state index is 11.4. The van der Waals surface area contributed by atoms with Crippen molar-refractivity contribution in [2.24, 2.45) is 0 Å². The second-order valence-electron chi connectivity index (χ2n) is 3.62. The highest BCUT2D eigenvalue weighted by Gasteiger charge is 2.37. The van der Waals surface area contributed by atoms with Crippen LogP contribution in [-0.4, -0.2) is 43.3 Å². The van der Waals surface area contributed by atoms with Crippen LogP contribution >= 0.6 is 0 Å². The van der Waals surface area contributed by atoms with E-state index in [2.05, 4.69) is 0 Å². The Morgan fingerprint density at radius 2 is 1.93 bits per heavy atom. The van der Waals surface area contributed by atoms with Crippen LogP contribution in [0.25, 0.3) is 0 Å². The molecular formula is C9H17NO3S. The third-order valence-electron chi connectivity index (χ3n) is 2.57. The predicted molar refractivity (Wildman–Crippen MR) is 54.7 cm³/mol. The van der Waals surface area contributed by atoms with Gasteiger partial charge in [0.05, 0.1) is 5.25 Å². The van der Waals surface area contributed by atoms with Crippen molar-refractivity contribution in [1.82, 2.24) is 4.90 Å².